The average molecular weight is 340 g/mol. The van der Waals surface area contributed by atoms with Crippen LogP contribution < -0.4 is 5.32 Å². The van der Waals surface area contributed by atoms with E-state index in [4.69, 9.17) is 10.00 Å². The highest BCUT2D eigenvalue weighted by Gasteiger charge is 2.36. The standard InChI is InChI=1S/C20H24N2OS/c1-2-3-11-23-20-13-19(15-7-5-4-6-8-15)22-18-10-9-16(24-14-21)12-17(18)20/h4-10,17,19-20,22H,2-3,11-13H2,1H3. The maximum Gasteiger partial charge on any atom is 0.138 e. The van der Waals surface area contributed by atoms with Gasteiger partial charge in [-0.3, -0.25) is 0 Å². The summed E-state index contributed by atoms with van der Waals surface area (Å²) in [5.41, 5.74) is 2.56. The van der Waals surface area contributed by atoms with E-state index in [0.717, 1.165) is 37.2 Å². The van der Waals surface area contributed by atoms with E-state index >= 15 is 0 Å². The molecular weight excluding hydrogens is 316 g/mol. The number of nitrogens with zero attached hydrogens (tertiary/aromatic N) is 1. The first kappa shape index (κ1) is 17.1. The third-order valence-electron chi connectivity index (χ3n) is 4.74. The molecule has 1 N–H and O–H groups in total. The summed E-state index contributed by atoms with van der Waals surface area (Å²) >= 11 is 1.27. The van der Waals surface area contributed by atoms with Crippen molar-refractivity contribution in [2.45, 2.75) is 44.8 Å². The molecule has 24 heavy (non-hydrogen) atoms. The molecular formula is C20H24N2OS. The number of rotatable bonds is 6. The monoisotopic (exact) mass is 340 g/mol. The van der Waals surface area contributed by atoms with Gasteiger partial charge in [-0.25, -0.2) is 0 Å². The SMILES string of the molecule is CCCCOC1CC(c2ccccc2)NC2=CC=C(SC#N)CC21. The van der Waals surface area contributed by atoms with E-state index in [0.29, 0.717) is 12.0 Å². The zero-order valence-corrected chi connectivity index (χ0v) is 14.9. The normalized spacial score (nSPS) is 25.8. The molecule has 1 aliphatic heterocycles. The van der Waals surface area contributed by atoms with Gasteiger partial charge in [-0.1, -0.05) is 43.7 Å². The first-order chi connectivity index (χ1) is 11.8. The Kier molecular flexibility index (Phi) is 6.01. The lowest BCUT2D eigenvalue weighted by molar-refractivity contribution is -0.00448. The highest BCUT2D eigenvalue weighted by atomic mass is 32.2. The van der Waals surface area contributed by atoms with Crippen molar-refractivity contribution in [2.75, 3.05) is 6.61 Å². The Labute approximate surface area is 148 Å². The van der Waals surface area contributed by atoms with Crippen molar-refractivity contribution in [3.05, 3.63) is 58.6 Å². The lowest BCUT2D eigenvalue weighted by Gasteiger charge is -2.41. The fourth-order valence-electron chi connectivity index (χ4n) is 3.45. The second-order valence-electron chi connectivity index (χ2n) is 6.37. The maximum absolute atomic E-state index is 8.95. The summed E-state index contributed by atoms with van der Waals surface area (Å²) in [6.45, 7) is 3.01. The van der Waals surface area contributed by atoms with Gasteiger partial charge < -0.3 is 10.1 Å². The Morgan fingerprint density at radius 1 is 1.29 bits per heavy atom. The van der Waals surface area contributed by atoms with Crippen molar-refractivity contribution >= 4 is 11.8 Å². The number of benzene rings is 1. The number of thioether (sulfide) groups is 1. The van der Waals surface area contributed by atoms with E-state index in [1.54, 1.807) is 0 Å². The van der Waals surface area contributed by atoms with Crippen LogP contribution in [0.3, 0.4) is 0 Å². The van der Waals surface area contributed by atoms with Crippen LogP contribution in [0.4, 0.5) is 0 Å². The average Bonchev–Trinajstić information content (AvgIpc) is 2.63. The molecule has 1 saturated heterocycles. The van der Waals surface area contributed by atoms with Crippen molar-refractivity contribution in [3.63, 3.8) is 0 Å². The van der Waals surface area contributed by atoms with Crippen LogP contribution in [0.15, 0.2) is 53.1 Å². The lowest BCUT2D eigenvalue weighted by Crippen LogP contribution is -2.42. The van der Waals surface area contributed by atoms with Crippen LogP contribution in [0.2, 0.25) is 0 Å². The quantitative estimate of drug-likeness (QED) is 0.590. The largest absolute Gasteiger partial charge is 0.381 e. The van der Waals surface area contributed by atoms with Crippen LogP contribution >= 0.6 is 11.8 Å². The topological polar surface area (TPSA) is 45.0 Å². The van der Waals surface area contributed by atoms with Crippen LogP contribution in [0.5, 0.6) is 0 Å². The van der Waals surface area contributed by atoms with Gasteiger partial charge in [0.05, 0.1) is 12.1 Å². The molecule has 1 aromatic rings. The zero-order valence-electron chi connectivity index (χ0n) is 14.1. The number of hydrogen-bond acceptors (Lipinski definition) is 4. The molecule has 0 amide bonds. The number of fused-ring (bicyclic) bond motifs is 1. The number of piperidine rings is 1. The van der Waals surface area contributed by atoms with E-state index in [1.807, 2.05) is 0 Å². The summed E-state index contributed by atoms with van der Waals surface area (Å²) in [5, 5.41) is 14.8. The number of hydrogen-bond donors (Lipinski definition) is 1. The van der Waals surface area contributed by atoms with Gasteiger partial charge in [0.25, 0.3) is 0 Å². The summed E-state index contributed by atoms with van der Waals surface area (Å²) < 4.78 is 6.27. The van der Waals surface area contributed by atoms with Crippen LogP contribution in [0.1, 0.15) is 44.2 Å². The van der Waals surface area contributed by atoms with E-state index in [2.05, 4.69) is 60.1 Å². The van der Waals surface area contributed by atoms with Gasteiger partial charge in [-0.2, -0.15) is 5.26 Å². The van der Waals surface area contributed by atoms with Crippen LogP contribution in [0, 0.1) is 16.6 Å². The Hall–Kier alpha value is -1.70. The van der Waals surface area contributed by atoms with Gasteiger partial charge in [-0.05, 0) is 48.7 Å². The minimum atomic E-state index is 0.206. The van der Waals surface area contributed by atoms with Crippen molar-refractivity contribution in [3.8, 4) is 5.40 Å². The van der Waals surface area contributed by atoms with Gasteiger partial charge >= 0.3 is 0 Å². The van der Waals surface area contributed by atoms with E-state index in [9.17, 15) is 0 Å². The molecule has 3 rings (SSSR count). The number of ether oxygens (including phenoxy) is 1. The third kappa shape index (κ3) is 4.03. The predicted molar refractivity (Wildman–Crippen MR) is 99.1 cm³/mol. The van der Waals surface area contributed by atoms with E-state index < -0.39 is 0 Å². The molecule has 3 unspecified atom stereocenters. The van der Waals surface area contributed by atoms with Crippen LogP contribution in [-0.2, 0) is 4.74 Å². The highest BCUT2D eigenvalue weighted by molar-refractivity contribution is 8.07. The van der Waals surface area contributed by atoms with Gasteiger partial charge in [0.1, 0.15) is 5.40 Å². The molecule has 0 aromatic heterocycles. The highest BCUT2D eigenvalue weighted by Crippen LogP contribution is 2.40. The number of thiocyanates is 1. The number of nitrogens with one attached hydrogen (secondary N) is 1. The Morgan fingerprint density at radius 3 is 2.88 bits per heavy atom. The molecule has 1 heterocycles. The van der Waals surface area contributed by atoms with Gasteiger partial charge in [0.15, 0.2) is 0 Å². The van der Waals surface area contributed by atoms with Crippen LogP contribution in [0.25, 0.3) is 0 Å². The molecule has 3 nitrogen and oxygen atoms in total. The molecule has 1 aromatic carbocycles. The Bertz CT molecular complexity index is 647. The summed E-state index contributed by atoms with van der Waals surface area (Å²) in [6.07, 6.45) is 8.53. The fraction of sp³-hybridized carbons (Fsp3) is 0.450. The zero-order chi connectivity index (χ0) is 16.8. The minimum Gasteiger partial charge on any atom is -0.381 e. The third-order valence-corrected chi connectivity index (χ3v) is 5.39. The Balaban J connectivity index is 1.79. The second-order valence-corrected chi connectivity index (χ2v) is 7.28. The summed E-state index contributed by atoms with van der Waals surface area (Å²) in [5.74, 6) is 0.336. The second kappa shape index (κ2) is 8.41. The van der Waals surface area contributed by atoms with Crippen molar-refractivity contribution in [1.82, 2.24) is 5.32 Å². The molecule has 0 radical (unpaired) electrons. The molecule has 3 atom stereocenters. The molecule has 2 aliphatic rings. The first-order valence-electron chi connectivity index (χ1n) is 8.71. The molecule has 0 saturated carbocycles. The molecule has 0 spiro atoms. The number of unbranched alkanes of at least 4 members (excludes halogenated alkanes) is 1. The van der Waals surface area contributed by atoms with Gasteiger partial charge in [0, 0.05) is 23.1 Å². The van der Waals surface area contributed by atoms with Gasteiger partial charge in [0.2, 0.25) is 0 Å². The van der Waals surface area contributed by atoms with Crippen molar-refractivity contribution < 1.29 is 4.74 Å². The molecule has 1 fully saturated rings. The lowest BCUT2D eigenvalue weighted by atomic mass is 9.81. The number of allylic oxidation sites excluding steroid dienone is 3. The van der Waals surface area contributed by atoms with Crippen LogP contribution in [-0.4, -0.2) is 12.7 Å². The minimum absolute atomic E-state index is 0.206. The fourth-order valence-corrected chi connectivity index (χ4v) is 3.96. The summed E-state index contributed by atoms with van der Waals surface area (Å²) in [7, 11) is 0. The maximum atomic E-state index is 8.95. The summed E-state index contributed by atoms with van der Waals surface area (Å²) in [6, 6.07) is 10.9. The molecule has 1 aliphatic carbocycles. The van der Waals surface area contributed by atoms with Crippen molar-refractivity contribution in [2.24, 2.45) is 5.92 Å². The summed E-state index contributed by atoms with van der Waals surface area (Å²) in [4.78, 5) is 1.13. The number of nitriles is 1. The van der Waals surface area contributed by atoms with E-state index in [-0.39, 0.29) is 6.10 Å². The molecule has 126 valence electrons. The molecule has 0 bridgehead atoms. The van der Waals surface area contributed by atoms with Gasteiger partial charge in [-0.15, -0.1) is 0 Å². The predicted octanol–water partition coefficient (Wildman–Crippen LogP) is 4.91. The molecule has 4 heteroatoms. The van der Waals surface area contributed by atoms with E-state index in [1.165, 1.54) is 23.0 Å². The smallest absolute Gasteiger partial charge is 0.138 e. The first-order valence-corrected chi connectivity index (χ1v) is 9.53. The van der Waals surface area contributed by atoms with Crippen molar-refractivity contribution in [1.29, 1.82) is 5.26 Å². The Morgan fingerprint density at radius 2 is 2.12 bits per heavy atom.